The summed E-state index contributed by atoms with van der Waals surface area (Å²) < 4.78 is 10.1. The predicted molar refractivity (Wildman–Crippen MR) is 136 cm³/mol. The van der Waals surface area contributed by atoms with Gasteiger partial charge in [-0.1, -0.05) is 0 Å². The van der Waals surface area contributed by atoms with E-state index < -0.39 is 6.10 Å². The van der Waals surface area contributed by atoms with Crippen molar-refractivity contribution in [2.75, 3.05) is 13.7 Å². The number of hydrogen-bond acceptors (Lipinski definition) is 6. The van der Waals surface area contributed by atoms with Crippen LogP contribution >= 0.6 is 0 Å². The van der Waals surface area contributed by atoms with Crippen LogP contribution < -0.4 is 10.5 Å². The second-order valence-electron chi connectivity index (χ2n) is 10.6. The van der Waals surface area contributed by atoms with Gasteiger partial charge in [-0.15, -0.1) is 0 Å². The molecular formula is C27H30N6O3. The summed E-state index contributed by atoms with van der Waals surface area (Å²) in [4.78, 5) is 25.0. The normalized spacial score (nSPS) is 25.4. The highest BCUT2D eigenvalue weighted by molar-refractivity contribution is 6.00. The molecule has 2 aliphatic carbocycles. The van der Waals surface area contributed by atoms with Gasteiger partial charge in [0.05, 0.1) is 30.5 Å². The van der Waals surface area contributed by atoms with Gasteiger partial charge in [0.1, 0.15) is 16.9 Å². The van der Waals surface area contributed by atoms with Crippen LogP contribution in [0.5, 0.6) is 5.75 Å². The number of benzene rings is 1. The topological polar surface area (TPSA) is 111 Å². The molecule has 36 heavy (non-hydrogen) atoms. The van der Waals surface area contributed by atoms with Gasteiger partial charge in [-0.2, -0.15) is 0 Å². The number of fused-ring (bicyclic) bond motifs is 4. The van der Waals surface area contributed by atoms with Gasteiger partial charge >= 0.3 is 0 Å². The van der Waals surface area contributed by atoms with Crippen LogP contribution in [-0.4, -0.2) is 66.9 Å². The number of methoxy groups -OCH3 is 1. The summed E-state index contributed by atoms with van der Waals surface area (Å²) in [5.74, 6) is 2.07. The second-order valence-corrected chi connectivity index (χ2v) is 10.6. The van der Waals surface area contributed by atoms with Crippen molar-refractivity contribution >= 4 is 28.0 Å². The molecule has 1 saturated heterocycles. The van der Waals surface area contributed by atoms with Crippen molar-refractivity contribution in [3.8, 4) is 17.3 Å². The average molecular weight is 487 g/mol. The van der Waals surface area contributed by atoms with E-state index in [1.807, 2.05) is 29.9 Å². The Morgan fingerprint density at radius 3 is 2.83 bits per heavy atom. The van der Waals surface area contributed by atoms with Gasteiger partial charge in [-0.25, -0.2) is 9.97 Å². The molecule has 2 bridgehead atoms. The Balaban J connectivity index is 1.34. The molecule has 2 saturated carbocycles. The molecule has 186 valence electrons. The third-order valence-corrected chi connectivity index (χ3v) is 8.35. The van der Waals surface area contributed by atoms with Gasteiger partial charge in [0.15, 0.2) is 5.82 Å². The standard InChI is InChI=1S/C27H30N6O3/c1-31-23-18(30-26(31)19-9-15-4-3-7-29-25(15)32(19)12-14-5-6-14)8-16(11-21(23)36-2)27(35)33-13-17-10-20(34)24(33)22(17)28/h3-4,7-9,11,14,17,20,22,24,34H,5-6,10,12-13,28H2,1-2H3/t17-,20+,22-,24-/m1/s1. The number of likely N-dealkylation sites (tertiary alicyclic amines) is 1. The largest absolute Gasteiger partial charge is 0.494 e. The first-order chi connectivity index (χ1) is 17.4. The molecular weight excluding hydrogens is 456 g/mol. The lowest BCUT2D eigenvalue weighted by atomic mass is 10.1. The number of aliphatic hydroxyl groups is 1. The number of carbonyl (C=O) groups excluding carboxylic acids is 1. The fourth-order valence-corrected chi connectivity index (χ4v) is 6.35. The summed E-state index contributed by atoms with van der Waals surface area (Å²) in [5, 5.41) is 11.5. The van der Waals surface area contributed by atoms with E-state index in [2.05, 4.69) is 21.7 Å². The number of pyridine rings is 1. The molecule has 9 heteroatoms. The Morgan fingerprint density at radius 1 is 1.28 bits per heavy atom. The Morgan fingerprint density at radius 2 is 2.11 bits per heavy atom. The maximum absolute atomic E-state index is 13.6. The smallest absolute Gasteiger partial charge is 0.254 e. The van der Waals surface area contributed by atoms with E-state index in [1.165, 1.54) is 12.8 Å². The van der Waals surface area contributed by atoms with E-state index in [9.17, 15) is 9.90 Å². The van der Waals surface area contributed by atoms with Crippen LogP contribution in [0.1, 0.15) is 29.6 Å². The van der Waals surface area contributed by atoms with E-state index >= 15 is 0 Å². The Hall–Kier alpha value is -3.43. The first-order valence-corrected chi connectivity index (χ1v) is 12.7. The molecule has 4 aromatic rings. The van der Waals surface area contributed by atoms with Crippen molar-refractivity contribution in [3.63, 3.8) is 0 Å². The highest BCUT2D eigenvalue weighted by atomic mass is 16.5. The number of piperidine rings is 1. The number of ether oxygens (including phenoxy) is 1. The van der Waals surface area contributed by atoms with Crippen LogP contribution in [0.25, 0.3) is 33.6 Å². The van der Waals surface area contributed by atoms with Gasteiger partial charge < -0.3 is 29.6 Å². The van der Waals surface area contributed by atoms with Crippen molar-refractivity contribution in [2.45, 2.75) is 44.0 Å². The molecule has 1 aliphatic heterocycles. The molecule has 3 N–H and O–H groups in total. The third-order valence-electron chi connectivity index (χ3n) is 8.35. The molecule has 0 unspecified atom stereocenters. The minimum atomic E-state index is -0.572. The summed E-state index contributed by atoms with van der Waals surface area (Å²) >= 11 is 0. The molecule has 3 fully saturated rings. The third kappa shape index (κ3) is 3.12. The maximum Gasteiger partial charge on any atom is 0.254 e. The van der Waals surface area contributed by atoms with Crippen LogP contribution in [0.2, 0.25) is 0 Å². The minimum Gasteiger partial charge on any atom is -0.494 e. The number of aliphatic hydroxyl groups excluding tert-OH is 1. The lowest BCUT2D eigenvalue weighted by molar-refractivity contribution is 0.0394. The van der Waals surface area contributed by atoms with Crippen molar-refractivity contribution in [3.05, 3.63) is 42.1 Å². The number of nitrogens with zero attached hydrogens (tertiary/aromatic N) is 5. The highest BCUT2D eigenvalue weighted by Crippen LogP contribution is 2.40. The zero-order chi connectivity index (χ0) is 24.7. The van der Waals surface area contributed by atoms with Crippen LogP contribution in [0.4, 0.5) is 0 Å². The summed E-state index contributed by atoms with van der Waals surface area (Å²) in [6.45, 7) is 1.49. The lowest BCUT2D eigenvalue weighted by Crippen LogP contribution is -2.48. The monoisotopic (exact) mass is 486 g/mol. The summed E-state index contributed by atoms with van der Waals surface area (Å²) in [6, 6.07) is 9.28. The lowest BCUT2D eigenvalue weighted by Gasteiger charge is -2.30. The zero-order valence-corrected chi connectivity index (χ0v) is 20.5. The molecule has 3 aromatic heterocycles. The number of imidazole rings is 1. The van der Waals surface area contributed by atoms with Gasteiger partial charge in [0.25, 0.3) is 5.91 Å². The van der Waals surface area contributed by atoms with Crippen LogP contribution in [0, 0.1) is 11.8 Å². The van der Waals surface area contributed by atoms with Gasteiger partial charge in [0.2, 0.25) is 0 Å². The average Bonchev–Trinajstić information content (AvgIpc) is 3.32. The second kappa shape index (κ2) is 7.78. The van der Waals surface area contributed by atoms with E-state index in [4.69, 9.17) is 15.5 Å². The molecule has 9 nitrogen and oxygen atoms in total. The Labute approximate surface area is 208 Å². The summed E-state index contributed by atoms with van der Waals surface area (Å²) in [7, 11) is 3.59. The van der Waals surface area contributed by atoms with E-state index in [-0.39, 0.29) is 23.9 Å². The fourth-order valence-electron chi connectivity index (χ4n) is 6.35. The SMILES string of the molecule is COc1cc(C(=O)N2C[C@H]3C[C@H](O)[C@@H]2[C@@H]3N)cc2nc(-c3cc4cccnc4n3CC3CC3)n(C)c12. The molecule has 3 aliphatic rings. The van der Waals surface area contributed by atoms with E-state index in [0.717, 1.165) is 34.6 Å². The Kier molecular flexibility index (Phi) is 4.72. The first-order valence-electron chi connectivity index (χ1n) is 12.7. The molecule has 0 radical (unpaired) electrons. The molecule has 4 heterocycles. The number of aromatic nitrogens is 4. The number of hydrogen-bond donors (Lipinski definition) is 2. The van der Waals surface area contributed by atoms with Crippen LogP contribution in [0.15, 0.2) is 36.5 Å². The summed E-state index contributed by atoms with van der Waals surface area (Å²) in [5.41, 5.74) is 10.3. The first kappa shape index (κ1) is 21.8. The molecule has 7 rings (SSSR count). The fraction of sp³-hybridized carbons (Fsp3) is 0.444. The number of amides is 1. The van der Waals surface area contributed by atoms with Crippen molar-refractivity contribution in [2.24, 2.45) is 24.6 Å². The quantitative estimate of drug-likeness (QED) is 0.449. The zero-order valence-electron chi connectivity index (χ0n) is 20.5. The van der Waals surface area contributed by atoms with Crippen LogP contribution in [-0.2, 0) is 13.6 Å². The number of rotatable bonds is 5. The van der Waals surface area contributed by atoms with Gasteiger partial charge in [-0.3, -0.25) is 4.79 Å². The summed E-state index contributed by atoms with van der Waals surface area (Å²) in [6.07, 6.45) is 4.40. The van der Waals surface area contributed by atoms with Crippen molar-refractivity contribution in [1.29, 1.82) is 0 Å². The number of nitrogens with two attached hydrogens (primary N) is 1. The van der Waals surface area contributed by atoms with Crippen molar-refractivity contribution in [1.82, 2.24) is 24.0 Å². The van der Waals surface area contributed by atoms with Gasteiger partial charge in [0, 0.05) is 43.3 Å². The van der Waals surface area contributed by atoms with Crippen molar-refractivity contribution < 1.29 is 14.6 Å². The molecule has 0 spiro atoms. The highest BCUT2D eigenvalue weighted by Gasteiger charge is 2.52. The number of carbonyl (C=O) groups is 1. The van der Waals surface area contributed by atoms with E-state index in [1.54, 1.807) is 18.1 Å². The molecule has 1 amide bonds. The van der Waals surface area contributed by atoms with Crippen LogP contribution in [0.3, 0.4) is 0 Å². The number of aryl methyl sites for hydroxylation is 1. The predicted octanol–water partition coefficient (Wildman–Crippen LogP) is 2.54. The molecule has 1 aromatic carbocycles. The van der Waals surface area contributed by atoms with E-state index in [0.29, 0.717) is 35.7 Å². The Bertz CT molecular complexity index is 1520. The van der Waals surface area contributed by atoms with Gasteiger partial charge in [-0.05, 0) is 61.4 Å². The minimum absolute atomic E-state index is 0.142. The molecule has 4 atom stereocenters. The maximum atomic E-state index is 13.6.